The molecule has 2 nitrogen and oxygen atoms in total. The van der Waals surface area contributed by atoms with Crippen LogP contribution in [0.25, 0.3) is 0 Å². The number of rotatable bonds is 5. The molecule has 1 aromatic carbocycles. The molecule has 0 saturated carbocycles. The Morgan fingerprint density at radius 3 is 2.68 bits per heavy atom. The standard InChI is InChI=1S/C17H28N2/c1-3-6-16(18)17-7-4-5-12-19(17)13-15-10-8-14(2)9-11-15/h8-11,16-17H,3-7,12-13,18H2,1-2H3. The molecule has 2 heteroatoms. The van der Waals surface area contributed by atoms with Gasteiger partial charge in [-0.2, -0.15) is 0 Å². The lowest BCUT2D eigenvalue weighted by Crippen LogP contribution is -2.49. The van der Waals surface area contributed by atoms with E-state index in [4.69, 9.17) is 5.73 Å². The van der Waals surface area contributed by atoms with Gasteiger partial charge in [-0.25, -0.2) is 0 Å². The summed E-state index contributed by atoms with van der Waals surface area (Å²) < 4.78 is 0. The molecule has 0 spiro atoms. The number of hydrogen-bond acceptors (Lipinski definition) is 2. The number of benzene rings is 1. The van der Waals surface area contributed by atoms with Crippen molar-refractivity contribution in [1.29, 1.82) is 0 Å². The van der Waals surface area contributed by atoms with Gasteiger partial charge in [-0.3, -0.25) is 4.90 Å². The monoisotopic (exact) mass is 260 g/mol. The van der Waals surface area contributed by atoms with E-state index in [-0.39, 0.29) is 0 Å². The van der Waals surface area contributed by atoms with Crippen molar-refractivity contribution < 1.29 is 0 Å². The van der Waals surface area contributed by atoms with Crippen LogP contribution < -0.4 is 5.73 Å². The van der Waals surface area contributed by atoms with Gasteiger partial charge in [0.2, 0.25) is 0 Å². The van der Waals surface area contributed by atoms with E-state index in [0.717, 1.165) is 13.0 Å². The fraction of sp³-hybridized carbons (Fsp3) is 0.647. The maximum absolute atomic E-state index is 6.39. The van der Waals surface area contributed by atoms with Gasteiger partial charge in [-0.05, 0) is 38.3 Å². The molecule has 0 aliphatic carbocycles. The van der Waals surface area contributed by atoms with Gasteiger partial charge >= 0.3 is 0 Å². The number of aryl methyl sites for hydroxylation is 1. The molecule has 0 amide bonds. The van der Waals surface area contributed by atoms with Crippen LogP contribution in [0, 0.1) is 6.92 Å². The summed E-state index contributed by atoms with van der Waals surface area (Å²) >= 11 is 0. The van der Waals surface area contributed by atoms with Gasteiger partial charge in [0, 0.05) is 18.6 Å². The Labute approximate surface area is 118 Å². The third-order valence-corrected chi connectivity index (χ3v) is 4.29. The molecule has 1 aliphatic heterocycles. The van der Waals surface area contributed by atoms with Crippen LogP contribution >= 0.6 is 0 Å². The summed E-state index contributed by atoms with van der Waals surface area (Å²) in [4.78, 5) is 2.61. The minimum atomic E-state index is 0.343. The zero-order chi connectivity index (χ0) is 13.7. The van der Waals surface area contributed by atoms with Crippen molar-refractivity contribution in [2.45, 2.75) is 64.6 Å². The Kier molecular flexibility index (Phi) is 5.41. The lowest BCUT2D eigenvalue weighted by Gasteiger charge is -2.39. The van der Waals surface area contributed by atoms with Crippen molar-refractivity contribution in [3.63, 3.8) is 0 Å². The molecule has 0 bridgehead atoms. The van der Waals surface area contributed by atoms with Crippen molar-refractivity contribution in [3.05, 3.63) is 35.4 Å². The lowest BCUT2D eigenvalue weighted by molar-refractivity contribution is 0.115. The molecule has 1 heterocycles. The highest BCUT2D eigenvalue weighted by Gasteiger charge is 2.27. The van der Waals surface area contributed by atoms with Crippen LogP contribution in [-0.2, 0) is 6.54 Å². The fourth-order valence-electron chi connectivity index (χ4n) is 3.15. The molecule has 19 heavy (non-hydrogen) atoms. The predicted molar refractivity (Wildman–Crippen MR) is 82.1 cm³/mol. The highest BCUT2D eigenvalue weighted by molar-refractivity contribution is 5.21. The first kappa shape index (κ1) is 14.5. The second-order valence-corrected chi connectivity index (χ2v) is 5.97. The Balaban J connectivity index is 2.00. The van der Waals surface area contributed by atoms with Crippen LogP contribution in [0.1, 0.15) is 50.2 Å². The van der Waals surface area contributed by atoms with Gasteiger partial charge < -0.3 is 5.73 Å². The summed E-state index contributed by atoms with van der Waals surface area (Å²) in [5.41, 5.74) is 9.14. The van der Waals surface area contributed by atoms with Gasteiger partial charge in [0.05, 0.1) is 0 Å². The largest absolute Gasteiger partial charge is 0.326 e. The third-order valence-electron chi connectivity index (χ3n) is 4.29. The summed E-state index contributed by atoms with van der Waals surface area (Å²) in [6, 6.07) is 9.85. The normalized spacial score (nSPS) is 22.4. The van der Waals surface area contributed by atoms with Crippen molar-refractivity contribution in [3.8, 4) is 0 Å². The number of piperidine rings is 1. The number of hydrogen-bond donors (Lipinski definition) is 1. The molecule has 1 aromatic rings. The van der Waals surface area contributed by atoms with E-state index < -0.39 is 0 Å². The zero-order valence-electron chi connectivity index (χ0n) is 12.4. The smallest absolute Gasteiger partial charge is 0.0250 e. The molecule has 1 saturated heterocycles. The molecular weight excluding hydrogens is 232 g/mol. The van der Waals surface area contributed by atoms with Gasteiger partial charge in [0.1, 0.15) is 0 Å². The maximum atomic E-state index is 6.39. The van der Waals surface area contributed by atoms with E-state index in [1.165, 1.54) is 43.4 Å². The number of nitrogens with zero attached hydrogens (tertiary/aromatic N) is 1. The maximum Gasteiger partial charge on any atom is 0.0250 e. The van der Waals surface area contributed by atoms with E-state index in [9.17, 15) is 0 Å². The molecule has 2 unspecified atom stereocenters. The molecule has 106 valence electrons. The van der Waals surface area contributed by atoms with Crippen LogP contribution in [0.5, 0.6) is 0 Å². The second kappa shape index (κ2) is 7.06. The van der Waals surface area contributed by atoms with Crippen LogP contribution in [0.4, 0.5) is 0 Å². The van der Waals surface area contributed by atoms with Gasteiger partial charge in [-0.1, -0.05) is 49.6 Å². The minimum absolute atomic E-state index is 0.343. The van der Waals surface area contributed by atoms with Crippen LogP contribution in [0.2, 0.25) is 0 Å². The predicted octanol–water partition coefficient (Wildman–Crippen LogP) is 3.48. The fourth-order valence-corrected chi connectivity index (χ4v) is 3.15. The highest BCUT2D eigenvalue weighted by atomic mass is 15.2. The van der Waals surface area contributed by atoms with Crippen LogP contribution in [-0.4, -0.2) is 23.5 Å². The number of nitrogens with two attached hydrogens (primary N) is 1. The zero-order valence-corrected chi connectivity index (χ0v) is 12.4. The van der Waals surface area contributed by atoms with Gasteiger partial charge in [0.25, 0.3) is 0 Å². The van der Waals surface area contributed by atoms with E-state index in [1.54, 1.807) is 0 Å². The average molecular weight is 260 g/mol. The van der Waals surface area contributed by atoms with Gasteiger partial charge in [0.15, 0.2) is 0 Å². The summed E-state index contributed by atoms with van der Waals surface area (Å²) in [7, 11) is 0. The molecule has 1 fully saturated rings. The van der Waals surface area contributed by atoms with Crippen molar-refractivity contribution in [1.82, 2.24) is 4.90 Å². The summed E-state index contributed by atoms with van der Waals surface area (Å²) in [5.74, 6) is 0. The quantitative estimate of drug-likeness (QED) is 0.878. The molecular formula is C17H28N2. The van der Waals surface area contributed by atoms with Crippen molar-refractivity contribution in [2.24, 2.45) is 5.73 Å². The molecule has 1 aliphatic rings. The van der Waals surface area contributed by atoms with E-state index in [1.807, 2.05) is 0 Å². The van der Waals surface area contributed by atoms with E-state index in [2.05, 4.69) is 43.0 Å². The summed E-state index contributed by atoms with van der Waals surface area (Å²) in [6.45, 7) is 6.63. The Morgan fingerprint density at radius 2 is 2.00 bits per heavy atom. The SMILES string of the molecule is CCCC(N)C1CCCCN1Cc1ccc(C)cc1. The first-order chi connectivity index (χ1) is 9.20. The van der Waals surface area contributed by atoms with E-state index in [0.29, 0.717) is 12.1 Å². The highest BCUT2D eigenvalue weighted by Crippen LogP contribution is 2.23. The topological polar surface area (TPSA) is 29.3 Å². The Hall–Kier alpha value is -0.860. The average Bonchev–Trinajstić information content (AvgIpc) is 2.42. The van der Waals surface area contributed by atoms with Crippen molar-refractivity contribution >= 4 is 0 Å². The lowest BCUT2D eigenvalue weighted by atomic mass is 9.93. The van der Waals surface area contributed by atoms with Crippen LogP contribution in [0.3, 0.4) is 0 Å². The second-order valence-electron chi connectivity index (χ2n) is 5.97. The van der Waals surface area contributed by atoms with Crippen LogP contribution in [0.15, 0.2) is 24.3 Å². The molecule has 2 N–H and O–H groups in total. The summed E-state index contributed by atoms with van der Waals surface area (Å²) in [6.07, 6.45) is 6.27. The molecule has 0 aromatic heterocycles. The molecule has 0 radical (unpaired) electrons. The van der Waals surface area contributed by atoms with Gasteiger partial charge in [-0.15, -0.1) is 0 Å². The minimum Gasteiger partial charge on any atom is -0.326 e. The molecule has 2 atom stereocenters. The first-order valence-corrected chi connectivity index (χ1v) is 7.76. The van der Waals surface area contributed by atoms with Crippen molar-refractivity contribution in [2.75, 3.05) is 6.54 Å². The van der Waals surface area contributed by atoms with E-state index >= 15 is 0 Å². The Morgan fingerprint density at radius 1 is 1.26 bits per heavy atom. The first-order valence-electron chi connectivity index (χ1n) is 7.76. The number of likely N-dealkylation sites (tertiary alicyclic amines) is 1. The third kappa shape index (κ3) is 4.05. The Bertz CT molecular complexity index is 371. The molecule has 2 rings (SSSR count). The summed E-state index contributed by atoms with van der Waals surface area (Å²) in [5, 5.41) is 0.